The van der Waals surface area contributed by atoms with Crippen molar-refractivity contribution in [2.45, 2.75) is 39.7 Å². The van der Waals surface area contributed by atoms with Crippen LogP contribution in [0.15, 0.2) is 24.3 Å². The van der Waals surface area contributed by atoms with E-state index in [1.165, 1.54) is 22.9 Å². The molecule has 3 aromatic rings. The molecule has 136 valence electrons. The van der Waals surface area contributed by atoms with Crippen LogP contribution in [0.3, 0.4) is 0 Å². The molecule has 0 saturated heterocycles. The summed E-state index contributed by atoms with van der Waals surface area (Å²) in [6.45, 7) is 8.28. The highest BCUT2D eigenvalue weighted by molar-refractivity contribution is 5.95. The van der Waals surface area contributed by atoms with Crippen molar-refractivity contribution in [1.82, 2.24) is 14.5 Å². The molecule has 0 aliphatic carbocycles. The van der Waals surface area contributed by atoms with Gasteiger partial charge in [-0.15, -0.1) is 0 Å². The molecule has 0 unspecified atom stereocenters. The molecule has 5 nitrogen and oxygen atoms in total. The van der Waals surface area contributed by atoms with Crippen LogP contribution in [0.25, 0.3) is 10.9 Å². The summed E-state index contributed by atoms with van der Waals surface area (Å²) in [5, 5.41) is 1.14. The average molecular weight is 350 g/mol. The summed E-state index contributed by atoms with van der Waals surface area (Å²) in [7, 11) is 3.85. The minimum Gasteiger partial charge on any atom is -0.494 e. The second kappa shape index (κ2) is 6.31. The Balaban J connectivity index is 1.79. The van der Waals surface area contributed by atoms with Gasteiger partial charge in [0, 0.05) is 48.4 Å². The van der Waals surface area contributed by atoms with Gasteiger partial charge >= 0.3 is 0 Å². The third kappa shape index (κ3) is 2.62. The van der Waals surface area contributed by atoms with Gasteiger partial charge in [-0.25, -0.2) is 9.97 Å². The zero-order valence-corrected chi connectivity index (χ0v) is 16.2. The number of hydrogen-bond donors (Lipinski definition) is 0. The second-order valence-electron chi connectivity index (χ2n) is 7.39. The third-order valence-electron chi connectivity index (χ3n) is 5.28. The Morgan fingerprint density at radius 2 is 2.00 bits per heavy atom. The van der Waals surface area contributed by atoms with Gasteiger partial charge in [0.2, 0.25) is 0 Å². The molecule has 5 heteroatoms. The molecule has 0 saturated carbocycles. The van der Waals surface area contributed by atoms with Crippen molar-refractivity contribution in [3.05, 3.63) is 47.2 Å². The fraction of sp³-hybridized carbons (Fsp3) is 0.429. The smallest absolute Gasteiger partial charge is 0.145 e. The number of imidazole rings is 1. The van der Waals surface area contributed by atoms with Crippen LogP contribution >= 0.6 is 0 Å². The first kappa shape index (κ1) is 16.9. The molecule has 1 aromatic carbocycles. The van der Waals surface area contributed by atoms with Crippen LogP contribution in [0.2, 0.25) is 0 Å². The van der Waals surface area contributed by atoms with Crippen LogP contribution in [0, 0.1) is 6.92 Å². The number of nitrogens with zero attached hydrogens (tertiary/aromatic N) is 4. The Hall–Kier alpha value is -2.56. The number of methoxy groups -OCH3 is 1. The summed E-state index contributed by atoms with van der Waals surface area (Å²) >= 11 is 0. The number of aryl methyl sites for hydroxylation is 1. The molecule has 4 rings (SSSR count). The Labute approximate surface area is 154 Å². The van der Waals surface area contributed by atoms with Gasteiger partial charge in [-0.2, -0.15) is 0 Å². The molecule has 1 aliphatic rings. The Morgan fingerprint density at radius 1 is 1.19 bits per heavy atom. The summed E-state index contributed by atoms with van der Waals surface area (Å²) in [5.41, 5.74) is 5.73. The summed E-state index contributed by atoms with van der Waals surface area (Å²) in [4.78, 5) is 12.1. The maximum Gasteiger partial charge on any atom is 0.145 e. The highest BCUT2D eigenvalue weighted by atomic mass is 16.5. The van der Waals surface area contributed by atoms with Gasteiger partial charge < -0.3 is 14.2 Å². The summed E-state index contributed by atoms with van der Waals surface area (Å²) in [6, 6.07) is 8.32. The zero-order chi connectivity index (χ0) is 18.4. The van der Waals surface area contributed by atoms with E-state index < -0.39 is 0 Å². The predicted octanol–water partition coefficient (Wildman–Crippen LogP) is 3.97. The molecule has 0 bridgehead atoms. The van der Waals surface area contributed by atoms with Crippen LogP contribution in [0.4, 0.5) is 5.69 Å². The van der Waals surface area contributed by atoms with Crippen molar-refractivity contribution >= 4 is 16.6 Å². The number of rotatable bonds is 3. The molecule has 0 fully saturated rings. The lowest BCUT2D eigenvalue weighted by Crippen LogP contribution is -2.31. The molecule has 0 N–H and O–H groups in total. The van der Waals surface area contributed by atoms with Crippen molar-refractivity contribution in [1.29, 1.82) is 0 Å². The topological polar surface area (TPSA) is 43.2 Å². The van der Waals surface area contributed by atoms with E-state index in [0.29, 0.717) is 5.92 Å². The maximum absolute atomic E-state index is 5.53. The van der Waals surface area contributed by atoms with E-state index in [-0.39, 0.29) is 0 Å². The van der Waals surface area contributed by atoms with Crippen LogP contribution in [-0.4, -0.2) is 28.2 Å². The normalized spacial score (nSPS) is 14.2. The van der Waals surface area contributed by atoms with E-state index in [1.807, 2.05) is 19.1 Å². The number of fused-ring (bicyclic) bond motifs is 2. The number of hydrogen-bond acceptors (Lipinski definition) is 4. The summed E-state index contributed by atoms with van der Waals surface area (Å²) in [5.74, 6) is 2.44. The van der Waals surface area contributed by atoms with E-state index in [0.717, 1.165) is 41.9 Å². The number of para-hydroxylation sites is 1. The van der Waals surface area contributed by atoms with E-state index >= 15 is 0 Å². The number of anilines is 1. The lowest BCUT2D eigenvalue weighted by Gasteiger charge is -2.30. The van der Waals surface area contributed by atoms with Crippen LogP contribution in [-0.2, 0) is 20.0 Å². The molecule has 3 heterocycles. The van der Waals surface area contributed by atoms with E-state index in [4.69, 9.17) is 14.7 Å². The number of aromatic nitrogens is 3. The van der Waals surface area contributed by atoms with Crippen molar-refractivity contribution in [2.24, 2.45) is 7.05 Å². The van der Waals surface area contributed by atoms with E-state index in [1.54, 1.807) is 7.11 Å². The highest BCUT2D eigenvalue weighted by Crippen LogP contribution is 2.34. The van der Waals surface area contributed by atoms with Crippen molar-refractivity contribution < 1.29 is 4.74 Å². The third-order valence-corrected chi connectivity index (χ3v) is 5.28. The molecule has 2 aromatic heterocycles. The minimum absolute atomic E-state index is 0.437. The second-order valence-corrected chi connectivity index (χ2v) is 7.39. The molecule has 0 amide bonds. The minimum atomic E-state index is 0.437. The van der Waals surface area contributed by atoms with Crippen molar-refractivity contribution in [3.8, 4) is 5.75 Å². The Kier molecular flexibility index (Phi) is 4.10. The average Bonchev–Trinajstić information content (AvgIpc) is 2.97. The highest BCUT2D eigenvalue weighted by Gasteiger charge is 2.25. The first-order chi connectivity index (χ1) is 12.5. The summed E-state index contributed by atoms with van der Waals surface area (Å²) < 4.78 is 7.82. The molecule has 0 atom stereocenters. The first-order valence-electron chi connectivity index (χ1n) is 9.23. The molecule has 0 spiro atoms. The monoisotopic (exact) mass is 350 g/mol. The Morgan fingerprint density at radius 3 is 2.73 bits per heavy atom. The fourth-order valence-electron chi connectivity index (χ4n) is 4.03. The van der Waals surface area contributed by atoms with Crippen molar-refractivity contribution in [3.63, 3.8) is 0 Å². The largest absolute Gasteiger partial charge is 0.494 e. The number of benzene rings is 1. The van der Waals surface area contributed by atoms with E-state index in [9.17, 15) is 0 Å². The lowest BCUT2D eigenvalue weighted by molar-refractivity contribution is 0.419. The van der Waals surface area contributed by atoms with E-state index in [2.05, 4.69) is 42.5 Å². The van der Waals surface area contributed by atoms with Crippen LogP contribution < -0.4 is 9.64 Å². The SMILES string of the molecule is COc1cccc2c(N3CCc4c(nc(C(C)C)n4C)C3)cc(C)nc12. The van der Waals surface area contributed by atoms with Crippen molar-refractivity contribution in [2.75, 3.05) is 18.6 Å². The van der Waals surface area contributed by atoms with Crippen LogP contribution in [0.1, 0.15) is 42.7 Å². The number of pyridine rings is 1. The molecule has 26 heavy (non-hydrogen) atoms. The van der Waals surface area contributed by atoms with Gasteiger partial charge in [-0.05, 0) is 19.1 Å². The van der Waals surface area contributed by atoms with Gasteiger partial charge in [-0.3, -0.25) is 0 Å². The van der Waals surface area contributed by atoms with Gasteiger partial charge in [0.1, 0.15) is 17.1 Å². The van der Waals surface area contributed by atoms with Gasteiger partial charge in [0.15, 0.2) is 0 Å². The maximum atomic E-state index is 5.53. The fourth-order valence-corrected chi connectivity index (χ4v) is 4.03. The number of ether oxygens (including phenoxy) is 1. The molecule has 0 radical (unpaired) electrons. The predicted molar refractivity (Wildman–Crippen MR) is 105 cm³/mol. The molecular formula is C21H26N4O. The lowest BCUT2D eigenvalue weighted by atomic mass is 10.1. The summed E-state index contributed by atoms with van der Waals surface area (Å²) in [6.07, 6.45) is 1.01. The molecule has 1 aliphatic heterocycles. The van der Waals surface area contributed by atoms with Crippen LogP contribution in [0.5, 0.6) is 5.75 Å². The quantitative estimate of drug-likeness (QED) is 0.717. The Bertz CT molecular complexity index is 974. The van der Waals surface area contributed by atoms with Gasteiger partial charge in [0.05, 0.1) is 19.3 Å². The first-order valence-corrected chi connectivity index (χ1v) is 9.23. The van der Waals surface area contributed by atoms with Gasteiger partial charge in [0.25, 0.3) is 0 Å². The zero-order valence-electron chi connectivity index (χ0n) is 16.2. The van der Waals surface area contributed by atoms with Gasteiger partial charge in [-0.1, -0.05) is 26.0 Å². The standard InChI is InChI=1S/C21H26N4O/c1-13(2)21-23-16-12-25(10-9-17(16)24(21)4)18-11-14(3)22-20-15(18)7-6-8-19(20)26-5/h6-8,11,13H,9-10,12H2,1-5H3. The molecular weight excluding hydrogens is 324 g/mol.